The van der Waals surface area contributed by atoms with E-state index in [1.54, 1.807) is 16.9 Å². The summed E-state index contributed by atoms with van der Waals surface area (Å²) in [7, 11) is 12.3. The van der Waals surface area contributed by atoms with E-state index in [2.05, 4.69) is 15.1 Å². The van der Waals surface area contributed by atoms with Gasteiger partial charge in [0.15, 0.2) is 6.29 Å². The first-order valence-electron chi connectivity index (χ1n) is 8.33. The number of aromatic nitrogens is 4. The summed E-state index contributed by atoms with van der Waals surface area (Å²) in [5, 5.41) is 12.0. The van der Waals surface area contributed by atoms with Gasteiger partial charge in [-0.25, -0.2) is 14.4 Å². The fourth-order valence-corrected chi connectivity index (χ4v) is 2.75. The van der Waals surface area contributed by atoms with Crippen LogP contribution in [0.2, 0.25) is 0 Å². The number of hydrogen-bond donors (Lipinski definition) is 1. The van der Waals surface area contributed by atoms with Crippen molar-refractivity contribution in [2.45, 2.75) is 25.3 Å². The van der Waals surface area contributed by atoms with Crippen LogP contribution in [-0.2, 0) is 5.40 Å². The van der Waals surface area contributed by atoms with E-state index in [0.717, 1.165) is 12.1 Å². The van der Waals surface area contributed by atoms with E-state index >= 15 is 0 Å². The summed E-state index contributed by atoms with van der Waals surface area (Å²) in [5.74, 6) is -1.73. The lowest BCUT2D eigenvalue weighted by atomic mass is 9.60. The van der Waals surface area contributed by atoms with E-state index in [0.29, 0.717) is 17.7 Å². The van der Waals surface area contributed by atoms with Gasteiger partial charge in [-0.3, -0.25) is 9.48 Å². The molecule has 0 atom stereocenters. The van der Waals surface area contributed by atoms with Gasteiger partial charge in [-0.2, -0.15) is 5.10 Å². The number of phenols is 1. The third kappa shape index (κ3) is 3.62. The predicted octanol–water partition coefficient (Wildman–Crippen LogP) is 2.10. The maximum absolute atomic E-state index is 13.7. The van der Waals surface area contributed by atoms with E-state index in [-0.39, 0.29) is 22.9 Å². The van der Waals surface area contributed by atoms with Gasteiger partial charge in [-0.05, 0) is 19.9 Å². The first-order chi connectivity index (χ1) is 13.2. The number of rotatable bonds is 6. The molecular weight excluding hydrogens is 361 g/mol. The van der Waals surface area contributed by atoms with Crippen molar-refractivity contribution >= 4 is 22.0 Å². The molecule has 3 aromatic rings. The van der Waals surface area contributed by atoms with Crippen molar-refractivity contribution in [3.63, 3.8) is 0 Å². The van der Waals surface area contributed by atoms with Gasteiger partial charge >= 0.3 is 0 Å². The lowest BCUT2D eigenvalue weighted by Gasteiger charge is -2.30. The Kier molecular flexibility index (Phi) is 5.22. The first-order valence-corrected chi connectivity index (χ1v) is 8.33. The zero-order chi connectivity index (χ0) is 20.5. The second kappa shape index (κ2) is 7.46. The number of benzene rings is 1. The second-order valence-corrected chi connectivity index (χ2v) is 6.39. The molecule has 0 amide bonds. The van der Waals surface area contributed by atoms with E-state index in [9.17, 15) is 14.3 Å². The molecule has 3 rings (SSSR count). The molecule has 28 heavy (non-hydrogen) atoms. The van der Waals surface area contributed by atoms with E-state index in [1.807, 2.05) is 13.8 Å². The predicted molar refractivity (Wildman–Crippen MR) is 101 cm³/mol. The minimum absolute atomic E-state index is 0.0283. The van der Waals surface area contributed by atoms with Crippen LogP contribution in [0.4, 0.5) is 4.39 Å². The van der Waals surface area contributed by atoms with E-state index in [4.69, 9.17) is 20.4 Å². The molecule has 7 nitrogen and oxygen atoms in total. The van der Waals surface area contributed by atoms with Gasteiger partial charge in [0.05, 0.1) is 22.4 Å². The number of aromatic hydroxyl groups is 1. The summed E-state index contributed by atoms with van der Waals surface area (Å²) in [6.45, 7) is 3.88. The summed E-state index contributed by atoms with van der Waals surface area (Å²) in [4.78, 5) is 19.5. The van der Waals surface area contributed by atoms with Crippen LogP contribution in [0.15, 0.2) is 36.9 Å². The molecule has 138 valence electrons. The van der Waals surface area contributed by atoms with Gasteiger partial charge in [-0.15, -0.1) is 0 Å². The molecule has 0 saturated carbocycles. The Labute approximate surface area is 163 Å². The minimum atomic E-state index is -2.04. The Morgan fingerprint density at radius 3 is 2.79 bits per heavy atom. The molecule has 10 heteroatoms. The molecule has 0 aliphatic rings. The largest absolute Gasteiger partial charge is 0.507 e. The number of phenolic OH excluding ortho intramolecular Hbond substituents is 1. The topological polar surface area (TPSA) is 90.1 Å². The third-order valence-corrected chi connectivity index (χ3v) is 4.02. The van der Waals surface area contributed by atoms with Crippen LogP contribution >= 0.6 is 0 Å². The fourth-order valence-electron chi connectivity index (χ4n) is 2.75. The van der Waals surface area contributed by atoms with Crippen LogP contribution in [0, 0.1) is 5.82 Å². The molecule has 0 spiro atoms. The number of nitrogens with zero attached hydrogens (tertiary/aromatic N) is 4. The monoisotopic (exact) mass is 376 g/mol. The van der Waals surface area contributed by atoms with Gasteiger partial charge in [0.2, 0.25) is 0 Å². The average Bonchev–Trinajstić information content (AvgIpc) is 3.11. The minimum Gasteiger partial charge on any atom is -0.507 e. The highest BCUT2D eigenvalue weighted by Gasteiger charge is 2.29. The van der Waals surface area contributed by atoms with Gasteiger partial charge in [-0.1, -0.05) is 0 Å². The van der Waals surface area contributed by atoms with Gasteiger partial charge in [0.1, 0.15) is 39.3 Å². The van der Waals surface area contributed by atoms with Gasteiger partial charge in [0, 0.05) is 36.1 Å². The van der Waals surface area contributed by atoms with Crippen LogP contribution in [0.5, 0.6) is 11.5 Å². The van der Waals surface area contributed by atoms with Crippen LogP contribution in [0.3, 0.4) is 0 Å². The lowest BCUT2D eigenvalue weighted by molar-refractivity contribution is 0.111. The number of carbonyl (C=O) groups is 1. The standard InChI is InChI=1S/C18H15B2FN4O3/c1-10(2)25-14(3-4-24-25)17-13(7-22-9-23-17)18(19,20)28-16-6-11(21)5-15(27)12(16)8-26/h3-10,27H,1-2H3. The molecule has 0 bridgehead atoms. The van der Waals surface area contributed by atoms with Gasteiger partial charge < -0.3 is 9.84 Å². The SMILES string of the molecule is [B]C([B])(Oc1cc(F)cc(O)c1C=O)c1cncnc1-c1ccnn1C(C)C. The number of hydrogen-bond acceptors (Lipinski definition) is 6. The molecular formula is C18H15B2FN4O3. The Hall–Kier alpha value is -3.16. The highest BCUT2D eigenvalue weighted by Crippen LogP contribution is 2.34. The highest BCUT2D eigenvalue weighted by atomic mass is 19.1. The Balaban J connectivity index is 2.10. The molecule has 0 aliphatic heterocycles. The summed E-state index contributed by atoms with van der Waals surface area (Å²) in [6, 6.07) is 3.44. The second-order valence-electron chi connectivity index (χ2n) is 6.39. The number of carbonyl (C=O) groups excluding carboxylic acids is 1. The van der Waals surface area contributed by atoms with E-state index < -0.39 is 17.0 Å². The van der Waals surface area contributed by atoms with Crippen LogP contribution in [0.25, 0.3) is 11.4 Å². The maximum atomic E-state index is 13.7. The van der Waals surface area contributed by atoms with Crippen molar-refractivity contribution in [1.82, 2.24) is 19.7 Å². The molecule has 1 N–H and O–H groups in total. The lowest BCUT2D eigenvalue weighted by Crippen LogP contribution is -2.35. The zero-order valence-corrected chi connectivity index (χ0v) is 15.2. The molecule has 0 unspecified atom stereocenters. The summed E-state index contributed by atoms with van der Waals surface area (Å²) < 4.78 is 20.9. The average molecular weight is 376 g/mol. The van der Waals surface area contributed by atoms with E-state index in [1.165, 1.54) is 12.5 Å². The Bertz CT molecular complexity index is 1020. The number of ether oxygens (including phenoxy) is 1. The van der Waals surface area contributed by atoms with Crippen LogP contribution in [0.1, 0.15) is 35.8 Å². The molecule has 2 heterocycles. The molecule has 0 saturated heterocycles. The van der Waals surface area contributed by atoms with Crippen molar-refractivity contribution in [1.29, 1.82) is 0 Å². The van der Waals surface area contributed by atoms with Crippen LogP contribution < -0.4 is 4.74 Å². The van der Waals surface area contributed by atoms with Crippen molar-refractivity contribution in [2.24, 2.45) is 0 Å². The van der Waals surface area contributed by atoms with Crippen molar-refractivity contribution in [2.75, 3.05) is 0 Å². The molecule has 0 fully saturated rings. The van der Waals surface area contributed by atoms with Crippen LogP contribution in [-0.4, -0.2) is 46.8 Å². The summed E-state index contributed by atoms with van der Waals surface area (Å²) in [6.07, 6.45) is 4.60. The number of aldehydes is 1. The zero-order valence-electron chi connectivity index (χ0n) is 15.2. The quantitative estimate of drug-likeness (QED) is 0.524. The Morgan fingerprint density at radius 2 is 2.11 bits per heavy atom. The smallest absolute Gasteiger partial charge is 0.157 e. The first kappa shape index (κ1) is 19.6. The molecule has 1 aromatic carbocycles. The van der Waals surface area contributed by atoms with Crippen molar-refractivity contribution < 1.29 is 19.0 Å². The van der Waals surface area contributed by atoms with Crippen molar-refractivity contribution in [3.05, 3.63) is 53.9 Å². The summed E-state index contributed by atoms with van der Waals surface area (Å²) in [5.41, 5.74) is 0.874. The normalized spacial score (nSPS) is 11.6. The number of halogens is 1. The molecule has 0 aliphatic carbocycles. The highest BCUT2D eigenvalue weighted by molar-refractivity contribution is 6.39. The maximum Gasteiger partial charge on any atom is 0.157 e. The third-order valence-electron chi connectivity index (χ3n) is 4.02. The fraction of sp³-hybridized carbons (Fsp3) is 0.222. The molecule has 2 aromatic heterocycles. The van der Waals surface area contributed by atoms with Gasteiger partial charge in [0.25, 0.3) is 0 Å². The Morgan fingerprint density at radius 1 is 1.36 bits per heavy atom. The summed E-state index contributed by atoms with van der Waals surface area (Å²) >= 11 is 0. The molecule has 4 radical (unpaired) electrons. The van der Waals surface area contributed by atoms with Crippen molar-refractivity contribution in [3.8, 4) is 22.9 Å².